The van der Waals surface area contributed by atoms with E-state index in [1.807, 2.05) is 0 Å². The van der Waals surface area contributed by atoms with Gasteiger partial charge in [-0.15, -0.1) is 0 Å². The maximum absolute atomic E-state index is 11.9. The van der Waals surface area contributed by atoms with E-state index in [2.05, 4.69) is 20.2 Å². The highest BCUT2D eigenvalue weighted by Gasteiger charge is 2.27. The normalized spacial score (nSPS) is 23.4. The zero-order valence-corrected chi connectivity index (χ0v) is 12.5. The van der Waals surface area contributed by atoms with Gasteiger partial charge in [0.2, 0.25) is 5.95 Å². The second-order valence-corrected chi connectivity index (χ2v) is 7.56. The van der Waals surface area contributed by atoms with Crippen molar-refractivity contribution in [2.24, 2.45) is 0 Å². The standard InChI is InChI=1S/C13H20N4O2S/c1-20(18,19)11-9-15-13(17-6-2-3-7-17)16-12(11)10-4-5-14-8-10/h9-10,14H,2-8H2,1H3/t10-/m0/s1. The lowest BCUT2D eigenvalue weighted by atomic mass is 10.1. The van der Waals surface area contributed by atoms with Crippen LogP contribution in [0.25, 0.3) is 0 Å². The van der Waals surface area contributed by atoms with Crippen molar-refractivity contribution in [1.29, 1.82) is 0 Å². The van der Waals surface area contributed by atoms with Crippen molar-refractivity contribution in [2.75, 3.05) is 37.3 Å². The smallest absolute Gasteiger partial charge is 0.225 e. The maximum atomic E-state index is 11.9. The first-order valence-corrected chi connectivity index (χ1v) is 8.97. The summed E-state index contributed by atoms with van der Waals surface area (Å²) in [5.41, 5.74) is 0.689. The third-order valence-electron chi connectivity index (χ3n) is 4.01. The van der Waals surface area contributed by atoms with Gasteiger partial charge in [-0.3, -0.25) is 0 Å². The van der Waals surface area contributed by atoms with Crippen LogP contribution in [0.1, 0.15) is 30.9 Å². The lowest BCUT2D eigenvalue weighted by Gasteiger charge is -2.19. The minimum absolute atomic E-state index is 0.170. The predicted molar refractivity (Wildman–Crippen MR) is 76.8 cm³/mol. The fraction of sp³-hybridized carbons (Fsp3) is 0.692. The second kappa shape index (κ2) is 5.29. The van der Waals surface area contributed by atoms with Gasteiger partial charge in [-0.2, -0.15) is 0 Å². The highest BCUT2D eigenvalue weighted by atomic mass is 32.2. The molecule has 0 aliphatic carbocycles. The van der Waals surface area contributed by atoms with Gasteiger partial charge >= 0.3 is 0 Å². The number of nitrogens with zero attached hydrogens (tertiary/aromatic N) is 3. The van der Waals surface area contributed by atoms with E-state index in [0.29, 0.717) is 11.6 Å². The minimum atomic E-state index is -3.28. The Morgan fingerprint density at radius 3 is 2.70 bits per heavy atom. The molecule has 6 nitrogen and oxygen atoms in total. The molecule has 20 heavy (non-hydrogen) atoms. The number of nitrogens with one attached hydrogen (secondary N) is 1. The quantitative estimate of drug-likeness (QED) is 0.878. The third kappa shape index (κ3) is 2.64. The van der Waals surface area contributed by atoms with Crippen LogP contribution in [-0.4, -0.2) is 50.8 Å². The first kappa shape index (κ1) is 13.8. The van der Waals surface area contributed by atoms with E-state index in [1.54, 1.807) is 0 Å². The Kier molecular flexibility index (Phi) is 3.64. The van der Waals surface area contributed by atoms with Crippen LogP contribution in [-0.2, 0) is 9.84 Å². The number of rotatable bonds is 3. The number of aromatic nitrogens is 2. The Morgan fingerprint density at radius 1 is 1.35 bits per heavy atom. The zero-order chi connectivity index (χ0) is 14.2. The van der Waals surface area contributed by atoms with Crippen molar-refractivity contribution in [3.8, 4) is 0 Å². The molecule has 0 spiro atoms. The van der Waals surface area contributed by atoms with Crippen molar-refractivity contribution < 1.29 is 8.42 Å². The summed E-state index contributed by atoms with van der Waals surface area (Å²) in [4.78, 5) is 11.3. The Bertz CT molecular complexity index is 590. The Hall–Kier alpha value is -1.21. The molecule has 3 heterocycles. The van der Waals surface area contributed by atoms with Crippen molar-refractivity contribution in [3.63, 3.8) is 0 Å². The van der Waals surface area contributed by atoms with Gasteiger partial charge in [0.15, 0.2) is 9.84 Å². The topological polar surface area (TPSA) is 75.2 Å². The van der Waals surface area contributed by atoms with Crippen LogP contribution in [0.15, 0.2) is 11.1 Å². The number of hydrogen-bond donors (Lipinski definition) is 1. The van der Waals surface area contributed by atoms with E-state index < -0.39 is 9.84 Å². The van der Waals surface area contributed by atoms with Gasteiger partial charge in [-0.25, -0.2) is 18.4 Å². The summed E-state index contributed by atoms with van der Waals surface area (Å²) in [5, 5.41) is 3.27. The molecule has 0 unspecified atom stereocenters. The summed E-state index contributed by atoms with van der Waals surface area (Å²) < 4.78 is 23.9. The molecule has 1 atom stereocenters. The molecule has 0 radical (unpaired) electrons. The van der Waals surface area contributed by atoms with Crippen LogP contribution >= 0.6 is 0 Å². The van der Waals surface area contributed by atoms with Crippen molar-refractivity contribution in [2.45, 2.75) is 30.1 Å². The molecule has 2 aliphatic heterocycles. The molecule has 3 rings (SSSR count). The Morgan fingerprint density at radius 2 is 2.10 bits per heavy atom. The van der Waals surface area contributed by atoms with Gasteiger partial charge in [-0.1, -0.05) is 0 Å². The summed E-state index contributed by atoms with van der Waals surface area (Å²) in [6, 6.07) is 0. The van der Waals surface area contributed by atoms with Crippen molar-refractivity contribution >= 4 is 15.8 Å². The van der Waals surface area contributed by atoms with E-state index in [9.17, 15) is 8.42 Å². The first-order chi connectivity index (χ1) is 9.55. The molecule has 2 aliphatic rings. The van der Waals surface area contributed by atoms with Gasteiger partial charge < -0.3 is 10.2 Å². The Labute approximate surface area is 119 Å². The fourth-order valence-electron chi connectivity index (χ4n) is 2.91. The van der Waals surface area contributed by atoms with E-state index in [-0.39, 0.29) is 10.8 Å². The van der Waals surface area contributed by atoms with E-state index in [1.165, 1.54) is 12.5 Å². The van der Waals surface area contributed by atoms with Crippen LogP contribution in [0.2, 0.25) is 0 Å². The first-order valence-electron chi connectivity index (χ1n) is 7.08. The van der Waals surface area contributed by atoms with Gasteiger partial charge in [0.25, 0.3) is 0 Å². The average molecular weight is 296 g/mol. The predicted octanol–water partition coefficient (Wildman–Crippen LogP) is 0.557. The molecule has 0 aromatic carbocycles. The summed E-state index contributed by atoms with van der Waals surface area (Å²) in [6.45, 7) is 3.62. The molecular formula is C13H20N4O2S. The average Bonchev–Trinajstić information content (AvgIpc) is 3.10. The minimum Gasteiger partial charge on any atom is -0.341 e. The van der Waals surface area contributed by atoms with Crippen LogP contribution in [0, 0.1) is 0 Å². The lowest BCUT2D eigenvalue weighted by molar-refractivity contribution is 0.595. The highest BCUT2D eigenvalue weighted by molar-refractivity contribution is 7.90. The van der Waals surface area contributed by atoms with Gasteiger partial charge in [-0.05, 0) is 25.8 Å². The Balaban J connectivity index is 2.02. The summed E-state index contributed by atoms with van der Waals surface area (Å²) >= 11 is 0. The molecule has 110 valence electrons. The van der Waals surface area contributed by atoms with Crippen molar-refractivity contribution in [3.05, 3.63) is 11.9 Å². The number of anilines is 1. The number of hydrogen-bond acceptors (Lipinski definition) is 6. The van der Waals surface area contributed by atoms with E-state index in [4.69, 9.17) is 0 Å². The molecular weight excluding hydrogens is 276 g/mol. The molecule has 7 heteroatoms. The molecule has 0 saturated carbocycles. The monoisotopic (exact) mass is 296 g/mol. The molecule has 2 fully saturated rings. The summed E-state index contributed by atoms with van der Waals surface area (Å²) in [6.07, 6.45) is 5.95. The third-order valence-corrected chi connectivity index (χ3v) is 5.12. The fourth-order valence-corrected chi connectivity index (χ4v) is 3.75. The van der Waals surface area contributed by atoms with E-state index in [0.717, 1.165) is 45.4 Å². The molecule has 1 N–H and O–H groups in total. The molecule has 0 amide bonds. The summed E-state index contributed by atoms with van der Waals surface area (Å²) in [7, 11) is -3.28. The van der Waals surface area contributed by atoms with Crippen molar-refractivity contribution in [1.82, 2.24) is 15.3 Å². The van der Waals surface area contributed by atoms with Crippen LogP contribution in [0.3, 0.4) is 0 Å². The number of sulfone groups is 1. The van der Waals surface area contributed by atoms with Crippen LogP contribution in [0.5, 0.6) is 0 Å². The van der Waals surface area contributed by atoms with Gasteiger partial charge in [0.05, 0.1) is 11.9 Å². The van der Waals surface area contributed by atoms with E-state index >= 15 is 0 Å². The molecule has 1 aromatic heterocycles. The van der Waals surface area contributed by atoms with Crippen LogP contribution < -0.4 is 10.2 Å². The highest BCUT2D eigenvalue weighted by Crippen LogP contribution is 2.28. The van der Waals surface area contributed by atoms with Crippen LogP contribution in [0.4, 0.5) is 5.95 Å². The molecule has 2 saturated heterocycles. The molecule has 1 aromatic rings. The van der Waals surface area contributed by atoms with Gasteiger partial charge in [0.1, 0.15) is 4.90 Å². The largest absolute Gasteiger partial charge is 0.341 e. The molecule has 0 bridgehead atoms. The summed E-state index contributed by atoms with van der Waals surface area (Å²) in [5.74, 6) is 0.848. The SMILES string of the molecule is CS(=O)(=O)c1cnc(N2CCCC2)nc1[C@H]1CCNC1. The zero-order valence-electron chi connectivity index (χ0n) is 11.7. The van der Waals surface area contributed by atoms with Gasteiger partial charge in [0, 0.05) is 31.8 Å². The lowest BCUT2D eigenvalue weighted by Crippen LogP contribution is -2.23. The maximum Gasteiger partial charge on any atom is 0.225 e. The second-order valence-electron chi connectivity index (χ2n) is 5.58.